The Balaban J connectivity index is 1.30. The van der Waals surface area contributed by atoms with Crippen molar-refractivity contribution in [3.63, 3.8) is 0 Å². The smallest absolute Gasteiger partial charge is 0.237 e. The lowest BCUT2D eigenvalue weighted by molar-refractivity contribution is -0.131. The van der Waals surface area contributed by atoms with Crippen molar-refractivity contribution in [2.24, 2.45) is 0 Å². The molecule has 0 unspecified atom stereocenters. The van der Waals surface area contributed by atoms with Crippen molar-refractivity contribution in [1.82, 2.24) is 19.8 Å². The molecule has 35 heavy (non-hydrogen) atoms. The monoisotopic (exact) mass is 471 g/mol. The number of hydrogen-bond acceptors (Lipinski definition) is 8. The highest BCUT2D eigenvalue weighted by Crippen LogP contribution is 2.31. The number of benzene rings is 1. The second-order valence-electron chi connectivity index (χ2n) is 9.15. The van der Waals surface area contributed by atoms with Crippen LogP contribution < -0.4 is 10.2 Å². The molecule has 4 heterocycles. The van der Waals surface area contributed by atoms with E-state index in [1.165, 1.54) is 5.69 Å². The van der Waals surface area contributed by atoms with Gasteiger partial charge < -0.3 is 24.4 Å². The number of aromatic nitrogens is 2. The first-order chi connectivity index (χ1) is 17.0. The van der Waals surface area contributed by atoms with E-state index in [0.717, 1.165) is 54.4 Å². The van der Waals surface area contributed by atoms with Gasteiger partial charge >= 0.3 is 0 Å². The highest BCUT2D eigenvalue weighted by molar-refractivity contribution is 5.78. The van der Waals surface area contributed by atoms with Crippen LogP contribution in [0.4, 0.5) is 17.3 Å². The van der Waals surface area contributed by atoms with Crippen molar-refractivity contribution in [2.45, 2.75) is 26.3 Å². The number of anilines is 3. The van der Waals surface area contributed by atoms with Gasteiger partial charge in [0.25, 0.3) is 0 Å². The Morgan fingerprint density at radius 3 is 2.69 bits per heavy atom. The number of amides is 1. The summed E-state index contributed by atoms with van der Waals surface area (Å²) >= 11 is 0. The molecule has 0 spiro atoms. The molecule has 1 amide bonds. The predicted octanol–water partition coefficient (Wildman–Crippen LogP) is 3.34. The fourth-order valence-corrected chi connectivity index (χ4v) is 4.53. The molecule has 0 saturated carbocycles. The van der Waals surface area contributed by atoms with E-state index in [2.05, 4.69) is 51.4 Å². The van der Waals surface area contributed by atoms with E-state index in [0.29, 0.717) is 31.2 Å². The van der Waals surface area contributed by atoms with E-state index in [4.69, 9.17) is 14.7 Å². The van der Waals surface area contributed by atoms with Gasteiger partial charge in [-0.3, -0.25) is 4.79 Å². The Hall–Kier alpha value is -3.90. The van der Waals surface area contributed by atoms with E-state index >= 15 is 0 Å². The molecule has 180 valence electrons. The highest BCUT2D eigenvalue weighted by atomic mass is 16.3. The Morgan fingerprint density at radius 1 is 1.17 bits per heavy atom. The predicted molar refractivity (Wildman–Crippen MR) is 133 cm³/mol. The molecule has 1 saturated heterocycles. The molecule has 1 aromatic carbocycles. The van der Waals surface area contributed by atoms with Crippen LogP contribution in [0.15, 0.2) is 40.9 Å². The Morgan fingerprint density at radius 2 is 1.94 bits per heavy atom. The number of carbonyl (C=O) groups is 1. The number of nitriles is 1. The third kappa shape index (κ3) is 4.98. The molecule has 1 N–H and O–H groups in total. The normalized spacial score (nSPS) is 16.0. The summed E-state index contributed by atoms with van der Waals surface area (Å²) in [5.41, 5.74) is 4.85. The number of rotatable bonds is 5. The minimum atomic E-state index is -0.167. The van der Waals surface area contributed by atoms with Crippen LogP contribution in [-0.4, -0.2) is 65.4 Å². The quantitative estimate of drug-likeness (QED) is 0.605. The van der Waals surface area contributed by atoms with Crippen molar-refractivity contribution in [1.29, 1.82) is 5.26 Å². The maximum Gasteiger partial charge on any atom is 0.237 e. The number of aryl methyl sites for hydroxylation is 1. The van der Waals surface area contributed by atoms with Crippen molar-refractivity contribution in [3.8, 4) is 17.5 Å². The minimum absolute atomic E-state index is 0.112. The van der Waals surface area contributed by atoms with Crippen LogP contribution in [0.2, 0.25) is 0 Å². The van der Waals surface area contributed by atoms with Crippen molar-refractivity contribution < 1.29 is 9.21 Å². The van der Waals surface area contributed by atoms with Crippen molar-refractivity contribution in [3.05, 3.63) is 53.4 Å². The van der Waals surface area contributed by atoms with Gasteiger partial charge in [0.2, 0.25) is 11.9 Å². The molecule has 0 bridgehead atoms. The second kappa shape index (κ2) is 9.76. The molecular weight excluding hydrogens is 442 g/mol. The van der Waals surface area contributed by atoms with E-state index in [1.54, 1.807) is 11.1 Å². The van der Waals surface area contributed by atoms with Gasteiger partial charge in [-0.2, -0.15) is 5.26 Å². The molecule has 5 rings (SSSR count). The van der Waals surface area contributed by atoms with Crippen LogP contribution in [0.3, 0.4) is 0 Å². The van der Waals surface area contributed by atoms with Crippen LogP contribution in [0.1, 0.15) is 23.3 Å². The van der Waals surface area contributed by atoms with Gasteiger partial charge in [-0.15, -0.1) is 0 Å². The summed E-state index contributed by atoms with van der Waals surface area (Å²) in [7, 11) is 2.16. The standard InChI is InChI=1S/C26H29N7O2/c1-18-16-28-26(29-20-3-5-21(6-4-20)32-13-11-31(2)12-14-32)30-25(18)22-15-19-8-10-33(17-23(19)35-22)24(34)7-9-27/h3-6,15-16H,7-8,10-14,17H2,1-2H3,(H,28,29,30). The summed E-state index contributed by atoms with van der Waals surface area (Å²) in [6.07, 6.45) is 2.37. The van der Waals surface area contributed by atoms with Gasteiger partial charge in [-0.1, -0.05) is 0 Å². The van der Waals surface area contributed by atoms with Gasteiger partial charge in [-0.25, -0.2) is 9.97 Å². The number of hydrogen-bond donors (Lipinski definition) is 1. The van der Waals surface area contributed by atoms with Gasteiger partial charge in [-0.05, 0) is 61.9 Å². The Bertz CT molecular complexity index is 1250. The number of nitrogens with one attached hydrogen (secondary N) is 1. The second-order valence-corrected chi connectivity index (χ2v) is 9.15. The lowest BCUT2D eigenvalue weighted by atomic mass is 10.1. The molecule has 0 atom stereocenters. The first-order valence-corrected chi connectivity index (χ1v) is 11.9. The van der Waals surface area contributed by atoms with Crippen LogP contribution in [0, 0.1) is 18.3 Å². The van der Waals surface area contributed by atoms with E-state index in [1.807, 2.05) is 19.1 Å². The summed E-state index contributed by atoms with van der Waals surface area (Å²) < 4.78 is 6.12. The average molecular weight is 472 g/mol. The number of fused-ring (bicyclic) bond motifs is 1. The van der Waals surface area contributed by atoms with Gasteiger partial charge in [0.15, 0.2) is 5.76 Å². The van der Waals surface area contributed by atoms with Crippen LogP contribution in [0.5, 0.6) is 0 Å². The van der Waals surface area contributed by atoms with E-state index < -0.39 is 0 Å². The third-order valence-electron chi connectivity index (χ3n) is 6.66. The summed E-state index contributed by atoms with van der Waals surface area (Å²) in [4.78, 5) is 27.7. The lowest BCUT2D eigenvalue weighted by Crippen LogP contribution is -2.44. The van der Waals surface area contributed by atoms with Crippen LogP contribution >= 0.6 is 0 Å². The van der Waals surface area contributed by atoms with Crippen LogP contribution in [-0.2, 0) is 17.8 Å². The number of nitrogens with zero attached hydrogens (tertiary/aromatic N) is 6. The fraction of sp³-hybridized carbons (Fsp3) is 0.385. The van der Waals surface area contributed by atoms with Gasteiger partial charge in [0, 0.05) is 50.3 Å². The number of carbonyl (C=O) groups excluding carboxylic acids is 1. The molecule has 0 radical (unpaired) electrons. The molecule has 1 fully saturated rings. The molecule has 2 aliphatic rings. The average Bonchev–Trinajstić information content (AvgIpc) is 3.29. The minimum Gasteiger partial charge on any atom is -0.457 e. The molecule has 2 aromatic heterocycles. The Kier molecular flexibility index (Phi) is 6.38. The topological polar surface area (TPSA) is 102 Å². The van der Waals surface area contributed by atoms with Crippen molar-refractivity contribution in [2.75, 3.05) is 50.0 Å². The zero-order valence-corrected chi connectivity index (χ0v) is 20.1. The first-order valence-electron chi connectivity index (χ1n) is 11.9. The molecule has 2 aliphatic heterocycles. The summed E-state index contributed by atoms with van der Waals surface area (Å²) in [6, 6.07) is 12.3. The zero-order valence-electron chi connectivity index (χ0n) is 20.1. The Labute approximate surface area is 205 Å². The van der Waals surface area contributed by atoms with Crippen LogP contribution in [0.25, 0.3) is 11.5 Å². The third-order valence-corrected chi connectivity index (χ3v) is 6.66. The number of likely N-dealkylation sites (N-methyl/N-ethyl adjacent to an activating group) is 1. The largest absolute Gasteiger partial charge is 0.457 e. The maximum atomic E-state index is 12.1. The summed E-state index contributed by atoms with van der Waals surface area (Å²) in [5, 5.41) is 12.1. The first kappa shape index (κ1) is 22.9. The molecule has 9 heteroatoms. The molecular formula is C26H29N7O2. The fourth-order valence-electron chi connectivity index (χ4n) is 4.53. The maximum absolute atomic E-state index is 12.1. The molecule has 9 nitrogen and oxygen atoms in total. The van der Waals surface area contributed by atoms with Crippen molar-refractivity contribution >= 4 is 23.2 Å². The molecule has 3 aromatic rings. The molecule has 0 aliphatic carbocycles. The number of furan rings is 1. The lowest BCUT2D eigenvalue weighted by Gasteiger charge is -2.34. The number of piperazine rings is 1. The van der Waals surface area contributed by atoms with Gasteiger partial charge in [0.05, 0.1) is 12.6 Å². The summed E-state index contributed by atoms with van der Waals surface area (Å²) in [5.74, 6) is 1.75. The zero-order chi connectivity index (χ0) is 24.4. The SMILES string of the molecule is Cc1cnc(Nc2ccc(N3CCN(C)CC3)cc2)nc1-c1cc2c(o1)CN(C(=O)CC#N)CC2. The van der Waals surface area contributed by atoms with Gasteiger partial charge in [0.1, 0.15) is 17.9 Å². The van der Waals surface area contributed by atoms with E-state index in [-0.39, 0.29) is 12.3 Å². The highest BCUT2D eigenvalue weighted by Gasteiger charge is 2.25. The van der Waals surface area contributed by atoms with E-state index in [9.17, 15) is 4.79 Å². The summed E-state index contributed by atoms with van der Waals surface area (Å²) in [6.45, 7) is 7.13.